The van der Waals surface area contributed by atoms with Crippen molar-refractivity contribution in [3.05, 3.63) is 47.4 Å². The highest BCUT2D eigenvalue weighted by Gasteiger charge is 2.35. The van der Waals surface area contributed by atoms with Crippen molar-refractivity contribution in [2.24, 2.45) is 5.73 Å². The van der Waals surface area contributed by atoms with Gasteiger partial charge in [-0.25, -0.2) is 4.39 Å². The van der Waals surface area contributed by atoms with Gasteiger partial charge in [-0.15, -0.1) is 12.4 Å². The molecule has 0 spiro atoms. The molecule has 0 bridgehead atoms. The van der Waals surface area contributed by atoms with E-state index in [9.17, 15) is 4.39 Å². The first kappa shape index (κ1) is 16.6. The van der Waals surface area contributed by atoms with Crippen LogP contribution in [0.4, 0.5) is 4.39 Å². The summed E-state index contributed by atoms with van der Waals surface area (Å²) in [6.45, 7) is 1.92. The zero-order chi connectivity index (χ0) is 14.9. The maximum Gasteiger partial charge on any atom is 0.250 e. The molecule has 2 aromatic rings. The molecule has 22 heavy (non-hydrogen) atoms. The topological polar surface area (TPSA) is 64.9 Å². The Labute approximate surface area is 135 Å². The summed E-state index contributed by atoms with van der Waals surface area (Å²) in [4.78, 5) is 4.39. The zero-order valence-corrected chi connectivity index (χ0v) is 13.2. The van der Waals surface area contributed by atoms with E-state index in [2.05, 4.69) is 10.1 Å². The largest absolute Gasteiger partial charge is 0.335 e. The molecule has 0 unspecified atom stereocenters. The highest BCUT2D eigenvalue weighted by molar-refractivity contribution is 5.85. The van der Waals surface area contributed by atoms with E-state index in [0.717, 1.165) is 36.8 Å². The Bertz CT molecular complexity index is 660. The summed E-state index contributed by atoms with van der Waals surface area (Å²) in [5.74, 6) is 0.764. The summed E-state index contributed by atoms with van der Waals surface area (Å²) in [6, 6.07) is 6.30. The molecular formula is C16H19ClFN3O. The van der Waals surface area contributed by atoms with Gasteiger partial charge in [0.15, 0.2) is 5.82 Å². The molecule has 0 amide bonds. The van der Waals surface area contributed by atoms with Crippen molar-refractivity contribution in [3.63, 3.8) is 0 Å². The Morgan fingerprint density at radius 3 is 2.55 bits per heavy atom. The normalized spacial score (nSPS) is 17.3. The lowest BCUT2D eigenvalue weighted by molar-refractivity contribution is 0.364. The highest BCUT2D eigenvalue weighted by atomic mass is 35.5. The lowest BCUT2D eigenvalue weighted by Gasteiger charge is -2.17. The minimum Gasteiger partial charge on any atom is -0.335 e. The summed E-state index contributed by atoms with van der Waals surface area (Å²) in [5, 5.41) is 4.02. The molecule has 1 aromatic heterocycles. The first-order valence-corrected chi connectivity index (χ1v) is 7.14. The number of benzene rings is 1. The van der Waals surface area contributed by atoms with E-state index in [1.165, 1.54) is 12.1 Å². The Morgan fingerprint density at radius 1 is 1.27 bits per heavy atom. The van der Waals surface area contributed by atoms with E-state index in [4.69, 9.17) is 10.3 Å². The number of nitrogens with zero attached hydrogens (tertiary/aromatic N) is 2. The van der Waals surface area contributed by atoms with E-state index in [-0.39, 0.29) is 18.2 Å². The van der Waals surface area contributed by atoms with Gasteiger partial charge in [-0.3, -0.25) is 0 Å². The van der Waals surface area contributed by atoms with Gasteiger partial charge in [0.1, 0.15) is 5.82 Å². The lowest BCUT2D eigenvalue weighted by Crippen LogP contribution is -2.34. The van der Waals surface area contributed by atoms with E-state index in [1.54, 1.807) is 18.2 Å². The van der Waals surface area contributed by atoms with Crippen molar-refractivity contribution in [3.8, 4) is 0 Å². The fourth-order valence-electron chi connectivity index (χ4n) is 2.71. The number of hydrogen-bond acceptors (Lipinski definition) is 4. The fourth-order valence-corrected chi connectivity index (χ4v) is 2.71. The minimum atomic E-state index is -0.445. The lowest BCUT2D eigenvalue weighted by atomic mass is 9.99. The number of nitrogens with two attached hydrogens (primary N) is 1. The Kier molecular flexibility index (Phi) is 4.98. The van der Waals surface area contributed by atoms with Crippen LogP contribution in [0.2, 0.25) is 0 Å². The van der Waals surface area contributed by atoms with Crippen LogP contribution in [0.5, 0.6) is 0 Å². The second-order valence-corrected chi connectivity index (χ2v) is 5.65. The first-order chi connectivity index (χ1) is 10.1. The third-order valence-electron chi connectivity index (χ3n) is 4.02. The van der Waals surface area contributed by atoms with Crippen LogP contribution in [-0.2, 0) is 5.54 Å². The third kappa shape index (κ3) is 3.36. The maximum absolute atomic E-state index is 12.9. The average Bonchev–Trinajstić information content (AvgIpc) is 3.10. The molecule has 0 radical (unpaired) electrons. The van der Waals surface area contributed by atoms with Gasteiger partial charge < -0.3 is 10.3 Å². The zero-order valence-electron chi connectivity index (χ0n) is 12.4. The van der Waals surface area contributed by atoms with Crippen molar-refractivity contribution in [2.45, 2.75) is 38.1 Å². The number of hydrogen-bond donors (Lipinski definition) is 1. The second kappa shape index (κ2) is 6.58. The summed E-state index contributed by atoms with van der Waals surface area (Å²) in [5.41, 5.74) is 7.71. The molecule has 1 saturated carbocycles. The smallest absolute Gasteiger partial charge is 0.250 e. The number of aromatic nitrogens is 2. The van der Waals surface area contributed by atoms with E-state index in [1.807, 2.05) is 6.92 Å². The van der Waals surface area contributed by atoms with Gasteiger partial charge in [-0.05, 0) is 43.0 Å². The summed E-state index contributed by atoms with van der Waals surface area (Å²) >= 11 is 0. The monoisotopic (exact) mass is 323 g/mol. The van der Waals surface area contributed by atoms with Crippen LogP contribution < -0.4 is 5.73 Å². The van der Waals surface area contributed by atoms with Gasteiger partial charge in [0.2, 0.25) is 0 Å². The molecule has 4 nitrogen and oxygen atoms in total. The van der Waals surface area contributed by atoms with E-state index < -0.39 is 5.54 Å². The molecule has 0 aliphatic heterocycles. The van der Waals surface area contributed by atoms with Crippen LogP contribution in [0, 0.1) is 5.82 Å². The predicted molar refractivity (Wildman–Crippen MR) is 85.8 cm³/mol. The first-order valence-electron chi connectivity index (χ1n) is 7.14. The summed E-state index contributed by atoms with van der Waals surface area (Å²) < 4.78 is 18.2. The molecule has 1 aromatic carbocycles. The van der Waals surface area contributed by atoms with Gasteiger partial charge in [0, 0.05) is 6.08 Å². The predicted octanol–water partition coefficient (Wildman–Crippen LogP) is 3.92. The van der Waals surface area contributed by atoms with Crippen LogP contribution in [0.1, 0.15) is 49.9 Å². The Hall–Kier alpha value is -1.72. The highest BCUT2D eigenvalue weighted by Crippen LogP contribution is 2.34. The van der Waals surface area contributed by atoms with Crippen LogP contribution in [0.15, 0.2) is 28.8 Å². The number of halogens is 2. The average molecular weight is 324 g/mol. The van der Waals surface area contributed by atoms with Crippen LogP contribution in [-0.4, -0.2) is 10.1 Å². The maximum atomic E-state index is 12.9. The number of rotatable bonds is 3. The molecule has 1 fully saturated rings. The molecule has 1 heterocycles. The van der Waals surface area contributed by atoms with Crippen molar-refractivity contribution in [1.29, 1.82) is 0 Å². The standard InChI is InChI=1S/C16H18FN3O.ClH/c1-11(12-4-6-13(17)7-5-12)10-14-19-15(20-21-14)16(18)8-2-3-9-16;/h4-7,10H,2-3,8-9,18H2,1H3;1H/b11-10-;. The van der Waals surface area contributed by atoms with Gasteiger partial charge in [-0.1, -0.05) is 30.1 Å². The fraction of sp³-hybridized carbons (Fsp3) is 0.375. The van der Waals surface area contributed by atoms with E-state index in [0.29, 0.717) is 11.7 Å². The molecule has 0 saturated heterocycles. The molecule has 1 aliphatic rings. The van der Waals surface area contributed by atoms with Crippen molar-refractivity contribution in [2.75, 3.05) is 0 Å². The van der Waals surface area contributed by atoms with Gasteiger partial charge >= 0.3 is 0 Å². The van der Waals surface area contributed by atoms with Crippen LogP contribution in [0.3, 0.4) is 0 Å². The molecule has 2 N–H and O–H groups in total. The van der Waals surface area contributed by atoms with Crippen LogP contribution in [0.25, 0.3) is 11.6 Å². The SMILES string of the molecule is C/C(=C/c1nc(C2(N)CCCC2)no1)c1ccc(F)cc1.Cl. The third-order valence-corrected chi connectivity index (χ3v) is 4.02. The van der Waals surface area contributed by atoms with Gasteiger partial charge in [0.05, 0.1) is 5.54 Å². The molecule has 1 aliphatic carbocycles. The summed E-state index contributed by atoms with van der Waals surface area (Å²) in [7, 11) is 0. The minimum absolute atomic E-state index is 0. The van der Waals surface area contributed by atoms with Crippen molar-refractivity contribution < 1.29 is 8.91 Å². The molecule has 6 heteroatoms. The molecular weight excluding hydrogens is 305 g/mol. The van der Waals surface area contributed by atoms with Gasteiger partial charge in [-0.2, -0.15) is 4.98 Å². The quantitative estimate of drug-likeness (QED) is 0.929. The van der Waals surface area contributed by atoms with Crippen molar-refractivity contribution >= 4 is 24.1 Å². The second-order valence-electron chi connectivity index (χ2n) is 5.65. The molecule has 3 rings (SSSR count). The Morgan fingerprint density at radius 2 is 1.91 bits per heavy atom. The van der Waals surface area contributed by atoms with Crippen LogP contribution >= 0.6 is 12.4 Å². The van der Waals surface area contributed by atoms with Gasteiger partial charge in [0.25, 0.3) is 5.89 Å². The number of allylic oxidation sites excluding steroid dienone is 1. The van der Waals surface area contributed by atoms with E-state index >= 15 is 0 Å². The van der Waals surface area contributed by atoms with Crippen molar-refractivity contribution in [1.82, 2.24) is 10.1 Å². The molecule has 0 atom stereocenters. The molecule has 118 valence electrons. The summed E-state index contributed by atoms with van der Waals surface area (Å²) in [6.07, 6.45) is 5.79. The Balaban J connectivity index is 0.00000176.